The highest BCUT2D eigenvalue weighted by atomic mass is 28.3. The lowest BCUT2D eigenvalue weighted by Gasteiger charge is -2.35. The van der Waals surface area contributed by atoms with Gasteiger partial charge in [0.2, 0.25) is 0 Å². The fourth-order valence-electron chi connectivity index (χ4n) is 9.56. The number of para-hydroxylation sites is 5. The van der Waals surface area contributed by atoms with Crippen LogP contribution in [0.1, 0.15) is 0 Å². The van der Waals surface area contributed by atoms with Crippen LogP contribution in [0.2, 0.25) is 0 Å². The number of fused-ring (bicyclic) bond motifs is 6. The largest absolute Gasteiger partial charge is 0.307 e. The molecule has 0 radical (unpaired) electrons. The third-order valence-electron chi connectivity index (χ3n) is 11.9. The molecular weight excluding hydrogens is 705 g/mol. The second-order valence-corrected chi connectivity index (χ2v) is 18.6. The van der Waals surface area contributed by atoms with Crippen LogP contribution in [-0.2, 0) is 0 Å². The summed E-state index contributed by atoms with van der Waals surface area (Å²) >= 11 is 0. The maximum Gasteiger partial charge on any atom is 0.181 e. The minimum Gasteiger partial charge on any atom is -0.307 e. The third-order valence-corrected chi connectivity index (χ3v) is 16.7. The van der Waals surface area contributed by atoms with E-state index in [-0.39, 0.29) is 0 Å². The number of hydrogen-bond donors (Lipinski definition) is 0. The van der Waals surface area contributed by atoms with Gasteiger partial charge < -0.3 is 9.13 Å². The van der Waals surface area contributed by atoms with E-state index in [4.69, 9.17) is 0 Å². The molecule has 0 saturated heterocycles. The van der Waals surface area contributed by atoms with E-state index in [2.05, 4.69) is 240 Å². The molecular formula is C54H38N2Si. The average molecular weight is 743 g/mol. The Morgan fingerprint density at radius 3 is 1.26 bits per heavy atom. The third kappa shape index (κ3) is 5.03. The molecule has 57 heavy (non-hydrogen) atoms. The monoisotopic (exact) mass is 742 g/mol. The van der Waals surface area contributed by atoms with Crippen LogP contribution in [-0.4, -0.2) is 17.2 Å². The van der Waals surface area contributed by atoms with Crippen LogP contribution in [0, 0.1) is 0 Å². The summed E-state index contributed by atoms with van der Waals surface area (Å²) in [6.45, 7) is 0. The first kappa shape index (κ1) is 33.2. The molecule has 0 aliphatic rings. The summed E-state index contributed by atoms with van der Waals surface area (Å²) in [4.78, 5) is 0. The van der Waals surface area contributed by atoms with Crippen molar-refractivity contribution in [2.24, 2.45) is 0 Å². The fourth-order valence-corrected chi connectivity index (χ4v) is 14.5. The zero-order valence-electron chi connectivity index (χ0n) is 31.3. The Hall–Kier alpha value is -7.20. The first-order valence-corrected chi connectivity index (χ1v) is 21.7. The molecule has 11 rings (SSSR count). The van der Waals surface area contributed by atoms with E-state index in [9.17, 15) is 0 Å². The first-order valence-electron chi connectivity index (χ1n) is 19.7. The van der Waals surface area contributed by atoms with Gasteiger partial charge in [-0.15, -0.1) is 0 Å². The lowest BCUT2D eigenvalue weighted by atomic mass is 10.0. The van der Waals surface area contributed by atoms with Gasteiger partial charge in [-0.2, -0.15) is 0 Å². The molecule has 0 bridgehead atoms. The second kappa shape index (κ2) is 13.5. The van der Waals surface area contributed by atoms with Gasteiger partial charge in [0.1, 0.15) is 0 Å². The number of benzene rings is 9. The number of hydrogen-bond acceptors (Lipinski definition) is 0. The second-order valence-electron chi connectivity index (χ2n) is 14.8. The Morgan fingerprint density at radius 1 is 0.281 bits per heavy atom. The van der Waals surface area contributed by atoms with Crippen molar-refractivity contribution >= 4 is 72.4 Å². The molecule has 3 heteroatoms. The molecule has 2 aromatic heterocycles. The van der Waals surface area contributed by atoms with E-state index < -0.39 is 8.07 Å². The standard InChI is InChI=1S/C54H38N2Si/c1-5-21-39(22-6-1)43-29-13-16-34-48(43)55-49-35-17-14-30-44(49)46-32-19-37-51(53(46)55)56-50-36-18-15-31-45(50)47-33-20-38-52(54(47)56)57(40-23-7-2-8-24-40,41-25-9-3-10-26-41)42-27-11-4-12-28-42/h1-38H. The first-order chi connectivity index (χ1) is 28.3. The van der Waals surface area contributed by atoms with Crippen molar-refractivity contribution in [1.29, 1.82) is 0 Å². The van der Waals surface area contributed by atoms with Crippen LogP contribution < -0.4 is 20.7 Å². The molecule has 0 unspecified atom stereocenters. The highest BCUT2D eigenvalue weighted by molar-refractivity contribution is 7.20. The molecule has 0 amide bonds. The summed E-state index contributed by atoms with van der Waals surface area (Å²) in [7, 11) is -2.95. The summed E-state index contributed by atoms with van der Waals surface area (Å²) in [6, 6.07) is 85.3. The van der Waals surface area contributed by atoms with Crippen LogP contribution in [0.5, 0.6) is 0 Å². The van der Waals surface area contributed by atoms with Gasteiger partial charge in [-0.25, -0.2) is 0 Å². The molecule has 0 fully saturated rings. The van der Waals surface area contributed by atoms with Crippen LogP contribution >= 0.6 is 0 Å². The molecule has 0 atom stereocenters. The summed E-state index contributed by atoms with van der Waals surface area (Å²) in [5.41, 5.74) is 9.52. The van der Waals surface area contributed by atoms with Crippen molar-refractivity contribution < 1.29 is 0 Å². The van der Waals surface area contributed by atoms with E-state index in [0.29, 0.717) is 0 Å². The van der Waals surface area contributed by atoms with Gasteiger partial charge in [-0.05, 0) is 50.6 Å². The minimum absolute atomic E-state index is 1.15. The number of rotatable bonds is 7. The summed E-state index contributed by atoms with van der Waals surface area (Å²) in [5, 5.41) is 10.4. The Balaban J connectivity index is 1.34. The minimum atomic E-state index is -2.95. The maximum absolute atomic E-state index is 2.95. The van der Waals surface area contributed by atoms with Crippen LogP contribution in [0.25, 0.3) is 66.1 Å². The van der Waals surface area contributed by atoms with Gasteiger partial charge in [0.05, 0.1) is 33.4 Å². The predicted molar refractivity (Wildman–Crippen MR) is 244 cm³/mol. The Kier molecular flexibility index (Phi) is 7.87. The Bertz CT molecular complexity index is 3120. The fraction of sp³-hybridized carbons (Fsp3) is 0. The van der Waals surface area contributed by atoms with E-state index >= 15 is 0 Å². The molecule has 9 aromatic carbocycles. The highest BCUT2D eigenvalue weighted by Crippen LogP contribution is 2.41. The average Bonchev–Trinajstić information content (AvgIpc) is 3.82. The van der Waals surface area contributed by atoms with Gasteiger partial charge in [0, 0.05) is 27.1 Å². The molecule has 0 aliphatic carbocycles. The summed E-state index contributed by atoms with van der Waals surface area (Å²) in [5.74, 6) is 0. The van der Waals surface area contributed by atoms with E-state index in [1.165, 1.54) is 75.5 Å². The highest BCUT2D eigenvalue weighted by Gasteiger charge is 2.43. The zero-order valence-corrected chi connectivity index (χ0v) is 32.3. The molecule has 0 spiro atoms. The number of nitrogens with zero attached hydrogens (tertiary/aromatic N) is 2. The van der Waals surface area contributed by atoms with E-state index in [0.717, 1.165) is 11.4 Å². The van der Waals surface area contributed by atoms with Gasteiger partial charge in [0.15, 0.2) is 8.07 Å². The van der Waals surface area contributed by atoms with Crippen molar-refractivity contribution in [3.63, 3.8) is 0 Å². The molecule has 2 nitrogen and oxygen atoms in total. The molecule has 0 saturated carbocycles. The lowest BCUT2D eigenvalue weighted by molar-refractivity contribution is 1.13. The van der Waals surface area contributed by atoms with Gasteiger partial charge >= 0.3 is 0 Å². The Morgan fingerprint density at radius 2 is 0.684 bits per heavy atom. The molecule has 0 aliphatic heterocycles. The molecule has 0 N–H and O–H groups in total. The van der Waals surface area contributed by atoms with E-state index in [1.54, 1.807) is 0 Å². The summed E-state index contributed by atoms with van der Waals surface area (Å²) < 4.78 is 5.11. The van der Waals surface area contributed by atoms with Crippen LogP contribution in [0.15, 0.2) is 231 Å². The quantitative estimate of drug-likeness (QED) is 0.114. The molecule has 268 valence electrons. The van der Waals surface area contributed by atoms with Crippen LogP contribution in [0.3, 0.4) is 0 Å². The summed E-state index contributed by atoms with van der Waals surface area (Å²) in [6.07, 6.45) is 0. The van der Waals surface area contributed by atoms with Crippen molar-refractivity contribution in [2.75, 3.05) is 0 Å². The predicted octanol–water partition coefficient (Wildman–Crippen LogP) is 10.9. The lowest BCUT2D eigenvalue weighted by Crippen LogP contribution is -2.75. The van der Waals surface area contributed by atoms with Gasteiger partial charge in [-0.1, -0.05) is 206 Å². The molecule has 11 aromatic rings. The maximum atomic E-state index is 2.60. The van der Waals surface area contributed by atoms with Crippen molar-refractivity contribution in [3.8, 4) is 22.5 Å². The Labute approximate surface area is 333 Å². The number of aromatic nitrogens is 2. The van der Waals surface area contributed by atoms with Gasteiger partial charge in [0.25, 0.3) is 0 Å². The zero-order chi connectivity index (χ0) is 37.8. The topological polar surface area (TPSA) is 9.86 Å². The van der Waals surface area contributed by atoms with Crippen LogP contribution in [0.4, 0.5) is 0 Å². The van der Waals surface area contributed by atoms with E-state index in [1.807, 2.05) is 0 Å². The smallest absolute Gasteiger partial charge is 0.181 e. The molecule has 2 heterocycles. The van der Waals surface area contributed by atoms with Crippen molar-refractivity contribution in [3.05, 3.63) is 231 Å². The van der Waals surface area contributed by atoms with Crippen molar-refractivity contribution in [1.82, 2.24) is 9.13 Å². The SMILES string of the molecule is c1ccc(-c2ccccc2-n2c3ccccc3c3cccc(-n4c5ccccc5c5cccc([Si](c6ccccc6)(c6ccccc6)c6ccccc6)c54)c32)cc1. The normalized spacial score (nSPS) is 11.9. The van der Waals surface area contributed by atoms with Gasteiger partial charge in [-0.3, -0.25) is 0 Å². The van der Waals surface area contributed by atoms with Crippen molar-refractivity contribution in [2.45, 2.75) is 0 Å².